The first-order chi connectivity index (χ1) is 6.77. The van der Waals surface area contributed by atoms with Crippen molar-refractivity contribution in [3.63, 3.8) is 0 Å². The molecule has 0 aromatic rings. The normalized spacial score (nSPS) is 45.6. The van der Waals surface area contributed by atoms with Crippen LogP contribution in [0.15, 0.2) is 0 Å². The summed E-state index contributed by atoms with van der Waals surface area (Å²) in [6.07, 6.45) is 5.07. The molecule has 1 saturated heterocycles. The topological polar surface area (TPSA) is 38.7 Å². The molecular formula is C11H18O3. The van der Waals surface area contributed by atoms with Crippen LogP contribution in [-0.2, 0) is 9.47 Å². The van der Waals surface area contributed by atoms with Gasteiger partial charge in [0.25, 0.3) is 0 Å². The van der Waals surface area contributed by atoms with Crippen LogP contribution >= 0.6 is 0 Å². The largest absolute Gasteiger partial charge is 0.393 e. The van der Waals surface area contributed by atoms with Gasteiger partial charge in [0.2, 0.25) is 0 Å². The van der Waals surface area contributed by atoms with Crippen LogP contribution in [0.25, 0.3) is 0 Å². The smallest absolute Gasteiger partial charge is 0.169 e. The molecule has 0 amide bonds. The summed E-state index contributed by atoms with van der Waals surface area (Å²) in [6, 6.07) is 0. The predicted molar refractivity (Wildman–Crippen MR) is 50.7 cm³/mol. The van der Waals surface area contributed by atoms with Crippen molar-refractivity contribution in [2.75, 3.05) is 13.2 Å². The first-order valence-electron chi connectivity index (χ1n) is 5.73. The number of fused-ring (bicyclic) bond motifs is 1. The van der Waals surface area contributed by atoms with Crippen LogP contribution in [-0.4, -0.2) is 30.2 Å². The fourth-order valence-corrected chi connectivity index (χ4v) is 3.44. The second kappa shape index (κ2) is 3.19. The fourth-order valence-electron chi connectivity index (χ4n) is 3.44. The average Bonchev–Trinajstić information content (AvgIpc) is 2.72. The van der Waals surface area contributed by atoms with E-state index in [4.69, 9.17) is 9.47 Å². The molecule has 3 fully saturated rings. The molecule has 2 aliphatic carbocycles. The zero-order valence-electron chi connectivity index (χ0n) is 8.45. The molecule has 3 rings (SSSR count). The third-order valence-corrected chi connectivity index (χ3v) is 4.07. The van der Waals surface area contributed by atoms with Gasteiger partial charge in [-0.1, -0.05) is 0 Å². The van der Waals surface area contributed by atoms with Crippen molar-refractivity contribution < 1.29 is 14.6 Å². The van der Waals surface area contributed by atoms with Crippen molar-refractivity contribution >= 4 is 0 Å². The van der Waals surface area contributed by atoms with Crippen molar-refractivity contribution in [2.45, 2.75) is 44.0 Å². The molecule has 1 N–H and O–H groups in total. The van der Waals surface area contributed by atoms with Gasteiger partial charge >= 0.3 is 0 Å². The summed E-state index contributed by atoms with van der Waals surface area (Å²) in [5.74, 6) is 1.12. The van der Waals surface area contributed by atoms with Crippen LogP contribution in [0.2, 0.25) is 0 Å². The van der Waals surface area contributed by atoms with E-state index in [1.807, 2.05) is 0 Å². The number of aliphatic hydroxyl groups is 1. The van der Waals surface area contributed by atoms with Gasteiger partial charge in [-0.15, -0.1) is 0 Å². The summed E-state index contributed by atoms with van der Waals surface area (Å²) in [6.45, 7) is 1.50. The van der Waals surface area contributed by atoms with Gasteiger partial charge in [-0.2, -0.15) is 0 Å². The number of rotatable bonds is 0. The molecule has 3 heteroatoms. The second-order valence-corrected chi connectivity index (χ2v) is 5.00. The molecule has 1 aliphatic heterocycles. The number of aliphatic hydroxyl groups excluding tert-OH is 1. The third-order valence-electron chi connectivity index (χ3n) is 4.07. The molecule has 3 nitrogen and oxygen atoms in total. The Balaban J connectivity index is 1.72. The van der Waals surface area contributed by atoms with Gasteiger partial charge in [0.05, 0.1) is 19.3 Å². The van der Waals surface area contributed by atoms with E-state index in [0.717, 1.165) is 51.2 Å². The Morgan fingerprint density at radius 1 is 1.00 bits per heavy atom. The SMILES string of the molecule is O[C@H]1CCC2CC3(C[C@@H]2C1)OCCO3. The van der Waals surface area contributed by atoms with Crippen molar-refractivity contribution in [3.8, 4) is 0 Å². The lowest BCUT2D eigenvalue weighted by Gasteiger charge is -2.27. The summed E-state index contributed by atoms with van der Waals surface area (Å²) < 4.78 is 11.4. The molecule has 3 atom stereocenters. The molecule has 1 spiro atoms. The van der Waals surface area contributed by atoms with Crippen molar-refractivity contribution in [1.29, 1.82) is 0 Å². The standard InChI is InChI=1S/C11H18O3/c12-10-2-1-8-6-11(7-9(8)5-10)13-3-4-14-11/h8-10,12H,1-7H2/t8?,9-,10-/m0/s1. The maximum absolute atomic E-state index is 9.61. The Morgan fingerprint density at radius 3 is 2.50 bits per heavy atom. The first kappa shape index (κ1) is 9.13. The molecule has 3 aliphatic rings. The number of ether oxygens (including phenoxy) is 2. The highest BCUT2D eigenvalue weighted by atomic mass is 16.7. The molecule has 0 aromatic carbocycles. The van der Waals surface area contributed by atoms with Crippen LogP contribution < -0.4 is 0 Å². The molecule has 80 valence electrons. The summed E-state index contributed by atoms with van der Waals surface area (Å²) in [5, 5.41) is 9.61. The minimum atomic E-state index is -0.251. The second-order valence-electron chi connectivity index (χ2n) is 5.00. The number of hydrogen-bond donors (Lipinski definition) is 1. The van der Waals surface area contributed by atoms with E-state index in [-0.39, 0.29) is 11.9 Å². The van der Waals surface area contributed by atoms with Gasteiger partial charge in [0.15, 0.2) is 5.79 Å². The monoisotopic (exact) mass is 198 g/mol. The van der Waals surface area contributed by atoms with Gasteiger partial charge in [-0.3, -0.25) is 0 Å². The van der Waals surface area contributed by atoms with E-state index in [0.29, 0.717) is 5.92 Å². The quantitative estimate of drug-likeness (QED) is 0.637. The molecule has 2 saturated carbocycles. The van der Waals surface area contributed by atoms with Crippen LogP contribution in [0.1, 0.15) is 32.1 Å². The Hall–Kier alpha value is -0.120. The molecule has 14 heavy (non-hydrogen) atoms. The Kier molecular flexibility index (Phi) is 2.08. The zero-order valence-corrected chi connectivity index (χ0v) is 8.45. The number of hydrogen-bond acceptors (Lipinski definition) is 3. The van der Waals surface area contributed by atoms with Crippen molar-refractivity contribution in [1.82, 2.24) is 0 Å². The third kappa shape index (κ3) is 1.38. The molecule has 1 heterocycles. The molecule has 0 aromatic heterocycles. The van der Waals surface area contributed by atoms with Gasteiger partial charge in [-0.25, -0.2) is 0 Å². The summed E-state index contributed by atoms with van der Waals surface area (Å²) in [7, 11) is 0. The van der Waals surface area contributed by atoms with Crippen LogP contribution in [0.3, 0.4) is 0 Å². The van der Waals surface area contributed by atoms with E-state index in [1.165, 1.54) is 0 Å². The van der Waals surface area contributed by atoms with Crippen LogP contribution in [0, 0.1) is 11.8 Å². The molecule has 1 unspecified atom stereocenters. The zero-order chi connectivity index (χ0) is 9.60. The summed E-state index contributed by atoms with van der Waals surface area (Å²) in [5.41, 5.74) is 0. The van der Waals surface area contributed by atoms with Crippen molar-refractivity contribution in [3.05, 3.63) is 0 Å². The lowest BCUT2D eigenvalue weighted by Crippen LogP contribution is -2.26. The molecule has 0 bridgehead atoms. The lowest BCUT2D eigenvalue weighted by atomic mass is 9.80. The molecular weight excluding hydrogens is 180 g/mol. The highest BCUT2D eigenvalue weighted by Crippen LogP contribution is 2.50. The van der Waals surface area contributed by atoms with E-state index in [2.05, 4.69) is 0 Å². The van der Waals surface area contributed by atoms with E-state index in [1.54, 1.807) is 0 Å². The van der Waals surface area contributed by atoms with Gasteiger partial charge in [0, 0.05) is 12.8 Å². The first-order valence-corrected chi connectivity index (χ1v) is 5.73. The summed E-state index contributed by atoms with van der Waals surface area (Å²) in [4.78, 5) is 0. The predicted octanol–water partition coefficient (Wildman–Crippen LogP) is 1.30. The Bertz CT molecular complexity index is 223. The lowest BCUT2D eigenvalue weighted by molar-refractivity contribution is -0.154. The summed E-state index contributed by atoms with van der Waals surface area (Å²) >= 11 is 0. The fraction of sp³-hybridized carbons (Fsp3) is 1.00. The average molecular weight is 198 g/mol. The highest BCUT2D eigenvalue weighted by molar-refractivity contribution is 4.95. The molecule has 0 radical (unpaired) electrons. The van der Waals surface area contributed by atoms with Crippen LogP contribution in [0.4, 0.5) is 0 Å². The van der Waals surface area contributed by atoms with E-state index >= 15 is 0 Å². The Morgan fingerprint density at radius 2 is 1.71 bits per heavy atom. The van der Waals surface area contributed by atoms with Gasteiger partial charge in [-0.05, 0) is 31.1 Å². The Labute approximate surface area is 84.4 Å². The van der Waals surface area contributed by atoms with Crippen molar-refractivity contribution in [2.24, 2.45) is 11.8 Å². The minimum Gasteiger partial charge on any atom is -0.393 e. The van der Waals surface area contributed by atoms with Gasteiger partial charge in [0.1, 0.15) is 0 Å². The maximum atomic E-state index is 9.61. The minimum absolute atomic E-state index is 0.0761. The van der Waals surface area contributed by atoms with Crippen LogP contribution in [0.5, 0.6) is 0 Å². The van der Waals surface area contributed by atoms with Gasteiger partial charge < -0.3 is 14.6 Å². The highest BCUT2D eigenvalue weighted by Gasteiger charge is 2.50. The maximum Gasteiger partial charge on any atom is 0.169 e. The van der Waals surface area contributed by atoms with E-state index in [9.17, 15) is 5.11 Å². The van der Waals surface area contributed by atoms with E-state index < -0.39 is 0 Å².